The van der Waals surface area contributed by atoms with Crippen molar-refractivity contribution in [3.8, 4) is 11.8 Å². The number of hydrogen-bond donors (Lipinski definition) is 1. The summed E-state index contributed by atoms with van der Waals surface area (Å²) >= 11 is 0. The maximum atomic E-state index is 12.2. The minimum atomic E-state index is -0.351. The van der Waals surface area contributed by atoms with Gasteiger partial charge in [-0.25, -0.2) is 0 Å². The molecule has 0 aromatic heterocycles. The summed E-state index contributed by atoms with van der Waals surface area (Å²) < 4.78 is 10.9. The van der Waals surface area contributed by atoms with Gasteiger partial charge in [0.05, 0.1) is 13.2 Å². The van der Waals surface area contributed by atoms with Crippen molar-refractivity contribution in [2.24, 2.45) is 0 Å². The fourth-order valence-corrected chi connectivity index (χ4v) is 2.80. The molecule has 2 aliphatic rings. The first-order valence-corrected chi connectivity index (χ1v) is 8.39. The maximum absolute atomic E-state index is 12.2. The van der Waals surface area contributed by atoms with Crippen LogP contribution in [0.3, 0.4) is 0 Å². The molecule has 1 saturated heterocycles. The lowest BCUT2D eigenvalue weighted by molar-refractivity contribution is -0.117. The molecule has 1 amide bonds. The topological polar surface area (TPSA) is 74.6 Å². The molecular weight excluding hydrogens is 318 g/mol. The minimum Gasteiger partial charge on any atom is -0.488 e. The average molecular weight is 339 g/mol. The smallest absolute Gasteiger partial charge is 0.261 e. The molecule has 1 aromatic rings. The van der Waals surface area contributed by atoms with Crippen LogP contribution in [0.5, 0.6) is 5.75 Å². The molecule has 0 radical (unpaired) electrons. The fraction of sp³-hybridized carbons (Fsp3) is 0.368. The Bertz CT molecular complexity index is 728. The molecule has 25 heavy (non-hydrogen) atoms. The number of fused-ring (bicyclic) bond motifs is 1. The van der Waals surface area contributed by atoms with Crippen LogP contribution in [-0.2, 0) is 9.53 Å². The normalized spacial score (nSPS) is 17.7. The minimum absolute atomic E-state index is 0.0937. The molecule has 0 atom stereocenters. The Morgan fingerprint density at radius 3 is 2.92 bits per heavy atom. The molecular formula is C19H21N3O3. The van der Waals surface area contributed by atoms with E-state index in [1.807, 2.05) is 36.4 Å². The van der Waals surface area contributed by atoms with E-state index in [0.29, 0.717) is 13.2 Å². The first kappa shape index (κ1) is 17.2. The molecule has 130 valence electrons. The molecule has 0 saturated carbocycles. The molecule has 6 heteroatoms. The number of nitrogens with zero attached hydrogens (tertiary/aromatic N) is 2. The highest BCUT2D eigenvalue weighted by atomic mass is 16.5. The van der Waals surface area contributed by atoms with E-state index in [-0.39, 0.29) is 11.5 Å². The summed E-state index contributed by atoms with van der Waals surface area (Å²) in [5.74, 6) is 0.462. The van der Waals surface area contributed by atoms with Crippen LogP contribution in [0.15, 0.2) is 41.5 Å². The SMILES string of the molecule is N#C/C(=C\C1=Cc2ccccc2OC1)C(=O)NCCN1CCOCC1. The zero-order chi connectivity index (χ0) is 17.5. The molecule has 1 aromatic carbocycles. The third-order valence-electron chi connectivity index (χ3n) is 4.17. The van der Waals surface area contributed by atoms with Gasteiger partial charge in [0, 0.05) is 31.7 Å². The van der Waals surface area contributed by atoms with Crippen LogP contribution in [-0.4, -0.2) is 56.8 Å². The van der Waals surface area contributed by atoms with Crippen LogP contribution in [0, 0.1) is 11.3 Å². The van der Waals surface area contributed by atoms with Crippen molar-refractivity contribution in [3.63, 3.8) is 0 Å². The Balaban J connectivity index is 1.58. The van der Waals surface area contributed by atoms with Crippen LogP contribution >= 0.6 is 0 Å². The molecule has 0 unspecified atom stereocenters. The summed E-state index contributed by atoms with van der Waals surface area (Å²) in [6, 6.07) is 9.66. The van der Waals surface area contributed by atoms with E-state index in [2.05, 4.69) is 10.2 Å². The number of para-hydroxylation sites is 1. The molecule has 1 fully saturated rings. The van der Waals surface area contributed by atoms with Gasteiger partial charge in [-0.2, -0.15) is 5.26 Å². The van der Waals surface area contributed by atoms with Crippen molar-refractivity contribution in [3.05, 3.63) is 47.1 Å². The van der Waals surface area contributed by atoms with E-state index in [1.54, 1.807) is 6.08 Å². The number of carbonyl (C=O) groups excluding carboxylic acids is 1. The van der Waals surface area contributed by atoms with Gasteiger partial charge < -0.3 is 14.8 Å². The quantitative estimate of drug-likeness (QED) is 0.648. The van der Waals surface area contributed by atoms with E-state index >= 15 is 0 Å². The van der Waals surface area contributed by atoms with Gasteiger partial charge in [-0.05, 0) is 23.8 Å². The Kier molecular flexibility index (Phi) is 5.83. The highest BCUT2D eigenvalue weighted by molar-refractivity contribution is 5.98. The van der Waals surface area contributed by atoms with Gasteiger partial charge in [-0.15, -0.1) is 0 Å². The first-order valence-electron chi connectivity index (χ1n) is 8.39. The van der Waals surface area contributed by atoms with Crippen molar-refractivity contribution in [1.29, 1.82) is 5.26 Å². The number of nitriles is 1. The van der Waals surface area contributed by atoms with Crippen LogP contribution in [0.4, 0.5) is 0 Å². The monoisotopic (exact) mass is 339 g/mol. The Morgan fingerprint density at radius 2 is 2.12 bits per heavy atom. The summed E-state index contributed by atoms with van der Waals surface area (Å²) in [6.45, 7) is 4.83. The van der Waals surface area contributed by atoms with Gasteiger partial charge in [0.15, 0.2) is 0 Å². The van der Waals surface area contributed by atoms with E-state index < -0.39 is 0 Å². The summed E-state index contributed by atoms with van der Waals surface area (Å²) in [7, 11) is 0. The van der Waals surface area contributed by atoms with Gasteiger partial charge in [0.25, 0.3) is 5.91 Å². The summed E-state index contributed by atoms with van der Waals surface area (Å²) in [5, 5.41) is 12.1. The summed E-state index contributed by atoms with van der Waals surface area (Å²) in [4.78, 5) is 14.5. The van der Waals surface area contributed by atoms with Crippen molar-refractivity contribution >= 4 is 12.0 Å². The molecule has 3 rings (SSSR count). The number of rotatable bonds is 5. The van der Waals surface area contributed by atoms with Gasteiger partial charge in [0.1, 0.15) is 24.0 Å². The number of carbonyl (C=O) groups is 1. The Labute approximate surface area is 147 Å². The fourth-order valence-electron chi connectivity index (χ4n) is 2.80. The third-order valence-corrected chi connectivity index (χ3v) is 4.17. The standard InChI is InChI=1S/C19H21N3O3/c20-13-17(19(23)21-5-6-22-7-9-24-10-8-22)12-15-11-16-3-1-2-4-18(16)25-14-15/h1-4,11-12H,5-10,14H2,(H,21,23)/b17-12+. The maximum Gasteiger partial charge on any atom is 0.261 e. The van der Waals surface area contributed by atoms with Crippen LogP contribution < -0.4 is 10.1 Å². The Morgan fingerprint density at radius 1 is 1.32 bits per heavy atom. The second kappa shape index (κ2) is 8.47. The number of benzene rings is 1. The van der Waals surface area contributed by atoms with Crippen molar-refractivity contribution in [2.75, 3.05) is 46.0 Å². The van der Waals surface area contributed by atoms with Crippen molar-refractivity contribution in [2.45, 2.75) is 0 Å². The molecule has 0 aliphatic carbocycles. The van der Waals surface area contributed by atoms with Gasteiger partial charge >= 0.3 is 0 Å². The van der Waals surface area contributed by atoms with Crippen LogP contribution in [0.2, 0.25) is 0 Å². The molecule has 0 bridgehead atoms. The van der Waals surface area contributed by atoms with Crippen molar-refractivity contribution < 1.29 is 14.3 Å². The second-order valence-corrected chi connectivity index (χ2v) is 5.93. The van der Waals surface area contributed by atoms with Crippen molar-refractivity contribution in [1.82, 2.24) is 10.2 Å². The van der Waals surface area contributed by atoms with E-state index in [1.165, 1.54) is 0 Å². The van der Waals surface area contributed by atoms with Crippen LogP contribution in [0.1, 0.15) is 5.56 Å². The van der Waals surface area contributed by atoms with Crippen LogP contribution in [0.25, 0.3) is 6.08 Å². The molecule has 1 N–H and O–H groups in total. The third kappa shape index (κ3) is 4.69. The Hall–Kier alpha value is -2.62. The predicted molar refractivity (Wildman–Crippen MR) is 93.9 cm³/mol. The van der Waals surface area contributed by atoms with E-state index in [0.717, 1.165) is 49.7 Å². The highest BCUT2D eigenvalue weighted by Crippen LogP contribution is 2.26. The number of morpholine rings is 1. The number of amides is 1. The van der Waals surface area contributed by atoms with E-state index in [9.17, 15) is 10.1 Å². The van der Waals surface area contributed by atoms with Gasteiger partial charge in [-0.3, -0.25) is 9.69 Å². The summed E-state index contributed by atoms with van der Waals surface area (Å²) in [6.07, 6.45) is 3.54. The number of ether oxygens (including phenoxy) is 2. The first-order chi connectivity index (χ1) is 12.3. The lowest BCUT2D eigenvalue weighted by atomic mass is 10.1. The lowest BCUT2D eigenvalue weighted by Crippen LogP contribution is -2.41. The zero-order valence-electron chi connectivity index (χ0n) is 14.0. The van der Waals surface area contributed by atoms with E-state index in [4.69, 9.17) is 9.47 Å². The molecule has 2 aliphatic heterocycles. The molecule has 2 heterocycles. The number of nitrogens with one attached hydrogen (secondary N) is 1. The lowest BCUT2D eigenvalue weighted by Gasteiger charge is -2.26. The largest absolute Gasteiger partial charge is 0.488 e. The highest BCUT2D eigenvalue weighted by Gasteiger charge is 2.14. The number of hydrogen-bond acceptors (Lipinski definition) is 5. The molecule has 6 nitrogen and oxygen atoms in total. The second-order valence-electron chi connectivity index (χ2n) is 5.93. The molecule has 0 spiro atoms. The van der Waals surface area contributed by atoms with Gasteiger partial charge in [0.2, 0.25) is 0 Å². The van der Waals surface area contributed by atoms with Gasteiger partial charge in [-0.1, -0.05) is 18.2 Å². The predicted octanol–water partition coefficient (Wildman–Crippen LogP) is 1.36. The summed E-state index contributed by atoms with van der Waals surface area (Å²) in [5.41, 5.74) is 1.85. The zero-order valence-corrected chi connectivity index (χ0v) is 14.0. The average Bonchev–Trinajstić information content (AvgIpc) is 2.66.